The number of hydrogen-bond acceptors (Lipinski definition) is 6. The second-order valence-corrected chi connectivity index (χ2v) is 4.29. The molecule has 0 aromatic heterocycles. The SMILES string of the molecule is CC(C)C1OC(C[NH-])C(C[NH-])O1.O=C([O-])CC(=O)[O-].[Pt+4]. The van der Waals surface area contributed by atoms with Gasteiger partial charge in [-0.2, -0.15) is 0 Å². The number of carboxylic acid groups (broad SMARTS) is 2. The predicted molar refractivity (Wildman–Crippen MR) is 61.4 cm³/mol. The van der Waals surface area contributed by atoms with Gasteiger partial charge in [-0.1, -0.05) is 13.8 Å². The molecule has 0 amide bonds. The van der Waals surface area contributed by atoms with Crippen LogP contribution < -0.4 is 10.2 Å². The summed E-state index contributed by atoms with van der Waals surface area (Å²) in [5.74, 6) is -2.95. The molecule has 1 heterocycles. The Morgan fingerprint density at radius 3 is 1.55 bits per heavy atom. The topological polar surface area (TPSA) is 146 Å². The third-order valence-corrected chi connectivity index (χ3v) is 2.27. The fourth-order valence-corrected chi connectivity index (χ4v) is 1.34. The number of carbonyl (C=O) groups excluding carboxylic acids is 2. The average molecular weight is 469 g/mol. The number of carbonyl (C=O) groups is 2. The molecule has 2 atom stereocenters. The molecule has 2 N–H and O–H groups in total. The molecule has 20 heavy (non-hydrogen) atoms. The van der Waals surface area contributed by atoms with Gasteiger partial charge >= 0.3 is 21.1 Å². The van der Waals surface area contributed by atoms with Gasteiger partial charge in [-0.3, -0.25) is 0 Å². The Balaban J connectivity index is 0. The second-order valence-electron chi connectivity index (χ2n) is 4.29. The number of aliphatic carboxylic acids is 2. The molecule has 1 aliphatic rings. The summed E-state index contributed by atoms with van der Waals surface area (Å²) in [6.45, 7) is 4.40. The summed E-state index contributed by atoms with van der Waals surface area (Å²) in [5, 5.41) is 18.6. The van der Waals surface area contributed by atoms with Gasteiger partial charge in [0, 0.05) is 24.3 Å². The zero-order chi connectivity index (χ0) is 15.0. The van der Waals surface area contributed by atoms with Crippen LogP contribution >= 0.6 is 0 Å². The molecule has 1 rings (SSSR count). The van der Waals surface area contributed by atoms with Crippen molar-refractivity contribution in [1.82, 2.24) is 0 Å². The first-order valence-corrected chi connectivity index (χ1v) is 5.81. The van der Waals surface area contributed by atoms with Crippen LogP contribution in [0.1, 0.15) is 20.3 Å². The van der Waals surface area contributed by atoms with E-state index in [-0.39, 0.29) is 52.7 Å². The number of carboxylic acids is 2. The van der Waals surface area contributed by atoms with Crippen LogP contribution in [0, 0.1) is 5.92 Å². The molecule has 1 saturated heterocycles. The van der Waals surface area contributed by atoms with E-state index in [1.54, 1.807) is 0 Å². The zero-order valence-corrected chi connectivity index (χ0v) is 13.5. The number of rotatable bonds is 5. The molecule has 0 spiro atoms. The van der Waals surface area contributed by atoms with Crippen LogP contribution in [-0.4, -0.2) is 43.5 Å². The summed E-state index contributed by atoms with van der Waals surface area (Å²) in [6.07, 6.45) is -1.64. The standard InChI is InChI=1S/C8H16N2O2.C3H4O4.Pt/c1-5(2)8-11-6(3-9)7(4-10)12-8;4-2(5)1-3(6)7;/h5-10H,3-4H2,1-2H3;1H2,(H,4,5)(H,6,7);/q-2;;+4/p-2. The van der Waals surface area contributed by atoms with Crippen LogP contribution in [0.3, 0.4) is 0 Å². The van der Waals surface area contributed by atoms with E-state index in [0.717, 1.165) is 0 Å². The predicted octanol–water partition coefficient (Wildman–Crippen LogP) is -1.27. The van der Waals surface area contributed by atoms with Gasteiger partial charge in [0.1, 0.15) is 0 Å². The van der Waals surface area contributed by atoms with Crippen molar-refractivity contribution in [3.8, 4) is 0 Å². The van der Waals surface area contributed by atoms with E-state index in [9.17, 15) is 19.8 Å². The minimum Gasteiger partial charge on any atom is -0.675 e. The molecule has 9 heteroatoms. The molecule has 0 bridgehead atoms. The molecule has 0 aliphatic carbocycles. The van der Waals surface area contributed by atoms with Gasteiger partial charge in [-0.15, -0.1) is 13.1 Å². The van der Waals surface area contributed by atoms with E-state index < -0.39 is 18.4 Å². The van der Waals surface area contributed by atoms with Crippen LogP contribution in [-0.2, 0) is 40.1 Å². The third-order valence-electron chi connectivity index (χ3n) is 2.27. The van der Waals surface area contributed by atoms with E-state index in [1.165, 1.54) is 0 Å². The van der Waals surface area contributed by atoms with Crippen molar-refractivity contribution in [2.24, 2.45) is 5.92 Å². The normalized spacial score (nSPS) is 24.6. The fraction of sp³-hybridized carbons (Fsp3) is 0.818. The number of hydrogen-bond donors (Lipinski definition) is 0. The van der Waals surface area contributed by atoms with Gasteiger partial charge in [-0.05, 0) is 0 Å². The molecule has 0 aromatic rings. The molecule has 2 unspecified atom stereocenters. The molecule has 1 aliphatic heterocycles. The Labute approximate surface area is 132 Å². The molecule has 0 aromatic carbocycles. The third kappa shape index (κ3) is 8.60. The molecule has 118 valence electrons. The van der Waals surface area contributed by atoms with Crippen molar-refractivity contribution in [2.75, 3.05) is 13.1 Å². The van der Waals surface area contributed by atoms with Gasteiger partial charge in [0.05, 0.1) is 12.2 Å². The van der Waals surface area contributed by atoms with Crippen molar-refractivity contribution in [3.63, 3.8) is 0 Å². The Morgan fingerprint density at radius 1 is 1.05 bits per heavy atom. The van der Waals surface area contributed by atoms with Gasteiger partial charge in [0.15, 0.2) is 6.29 Å². The molecular formula is C11H18N2O6Pt. The van der Waals surface area contributed by atoms with Crippen molar-refractivity contribution in [2.45, 2.75) is 38.8 Å². The minimum absolute atomic E-state index is 0. The first-order chi connectivity index (χ1) is 8.81. The minimum atomic E-state index is -1.63. The van der Waals surface area contributed by atoms with E-state index in [4.69, 9.17) is 20.9 Å². The molecule has 0 radical (unpaired) electrons. The van der Waals surface area contributed by atoms with Crippen molar-refractivity contribution in [3.05, 3.63) is 11.5 Å². The molecule has 1 fully saturated rings. The molecule has 0 saturated carbocycles. The Bertz CT molecular complexity index is 279. The van der Waals surface area contributed by atoms with Crippen molar-refractivity contribution < 1.29 is 50.3 Å². The van der Waals surface area contributed by atoms with Crippen LogP contribution in [0.5, 0.6) is 0 Å². The average Bonchev–Trinajstić information content (AvgIpc) is 2.71. The quantitative estimate of drug-likeness (QED) is 0.459. The first kappa shape index (κ1) is 21.8. The Hall–Kier alpha value is -0.532. The van der Waals surface area contributed by atoms with Gasteiger partial charge in [0.2, 0.25) is 0 Å². The fourth-order valence-electron chi connectivity index (χ4n) is 1.34. The first-order valence-electron chi connectivity index (χ1n) is 5.81. The summed E-state index contributed by atoms with van der Waals surface area (Å²) < 4.78 is 10.9. The summed E-state index contributed by atoms with van der Waals surface area (Å²) in [6, 6.07) is 0. The summed E-state index contributed by atoms with van der Waals surface area (Å²) in [4.78, 5) is 18.6. The molecule has 8 nitrogen and oxygen atoms in total. The Morgan fingerprint density at radius 2 is 1.40 bits per heavy atom. The maximum atomic E-state index is 9.28. The van der Waals surface area contributed by atoms with Gasteiger partial charge < -0.3 is 40.7 Å². The van der Waals surface area contributed by atoms with Crippen LogP contribution in [0.15, 0.2) is 0 Å². The van der Waals surface area contributed by atoms with E-state index in [2.05, 4.69) is 0 Å². The second kappa shape index (κ2) is 11.2. The summed E-state index contributed by atoms with van der Waals surface area (Å²) >= 11 is 0. The van der Waals surface area contributed by atoms with E-state index in [0.29, 0.717) is 5.92 Å². The molecular weight excluding hydrogens is 451 g/mol. The van der Waals surface area contributed by atoms with Crippen LogP contribution in [0.2, 0.25) is 0 Å². The van der Waals surface area contributed by atoms with Gasteiger partial charge in [0.25, 0.3) is 0 Å². The Kier molecular flexibility index (Phi) is 12.1. The summed E-state index contributed by atoms with van der Waals surface area (Å²) in [7, 11) is 0. The zero-order valence-electron chi connectivity index (χ0n) is 11.2. The van der Waals surface area contributed by atoms with Crippen molar-refractivity contribution >= 4 is 11.9 Å². The monoisotopic (exact) mass is 469 g/mol. The van der Waals surface area contributed by atoms with Crippen LogP contribution in [0.25, 0.3) is 11.5 Å². The number of nitrogens with one attached hydrogen (secondary N) is 2. The largest absolute Gasteiger partial charge is 4.00 e. The van der Waals surface area contributed by atoms with Crippen molar-refractivity contribution in [1.29, 1.82) is 0 Å². The summed E-state index contributed by atoms with van der Waals surface area (Å²) in [5.41, 5.74) is 14.4. The van der Waals surface area contributed by atoms with E-state index in [1.807, 2.05) is 13.8 Å². The maximum Gasteiger partial charge on any atom is 4.00 e. The van der Waals surface area contributed by atoms with E-state index >= 15 is 0 Å². The van der Waals surface area contributed by atoms with Gasteiger partial charge in [-0.25, -0.2) is 0 Å². The number of ether oxygens (including phenoxy) is 2. The maximum absolute atomic E-state index is 9.28. The van der Waals surface area contributed by atoms with Crippen LogP contribution in [0.4, 0.5) is 0 Å². The smallest absolute Gasteiger partial charge is 0.675 e.